The van der Waals surface area contributed by atoms with Crippen LogP contribution in [0.2, 0.25) is 0 Å². The highest BCUT2D eigenvalue weighted by atomic mass is 16.4. The Kier molecular flexibility index (Phi) is 1.48. The smallest absolute Gasteiger partial charge is 0.536 e. The Morgan fingerprint density at radius 2 is 2.00 bits per heavy atom. The summed E-state index contributed by atoms with van der Waals surface area (Å²) < 4.78 is 0. The van der Waals surface area contributed by atoms with Crippen molar-refractivity contribution in [3.63, 3.8) is 0 Å². The molecule has 0 radical (unpaired) electrons. The molecule has 0 aromatic heterocycles. The van der Waals surface area contributed by atoms with Crippen molar-refractivity contribution in [3.8, 4) is 0 Å². The average molecular weight is 100 g/mol. The average Bonchev–Trinajstić information content (AvgIpc) is 1.65. The van der Waals surface area contributed by atoms with Gasteiger partial charge in [0.15, 0.2) is 0 Å². The van der Waals surface area contributed by atoms with Gasteiger partial charge < -0.3 is 9.90 Å². The predicted molar refractivity (Wildman–Crippen MR) is 15.1 cm³/mol. The lowest BCUT2D eigenvalue weighted by Crippen LogP contribution is -2.29. The van der Waals surface area contributed by atoms with E-state index in [1.54, 1.807) is 4.98 Å². The molecule has 0 heterocycles. The summed E-state index contributed by atoms with van der Waals surface area (Å²) in [5, 5.41) is 16.6. The van der Waals surface area contributed by atoms with E-state index in [0.717, 1.165) is 0 Å². The Bertz CT molecular complexity index is 144. The summed E-state index contributed by atoms with van der Waals surface area (Å²) in [6, 6.07) is 0. The van der Waals surface area contributed by atoms with Crippen LogP contribution >= 0.6 is 0 Å². The monoisotopic (exact) mass is 100.0 g/mol. The highest BCUT2D eigenvalue weighted by Gasteiger charge is 2.14. The summed E-state index contributed by atoms with van der Waals surface area (Å²) in [4.78, 5) is 20.4. The molecule has 36 valence electrons. The number of hydrogen-bond acceptors (Lipinski definition) is 4. The molecule has 7 heavy (non-hydrogen) atoms. The van der Waals surface area contributed by atoms with E-state index < -0.39 is 11.9 Å². The van der Waals surface area contributed by atoms with Gasteiger partial charge in [-0.2, -0.15) is 4.79 Å². The second-order valence-electron chi connectivity index (χ2n) is 0.693. The molecule has 1 amide bonds. The van der Waals surface area contributed by atoms with Gasteiger partial charge in [0.05, 0.1) is 0 Å². The first-order chi connectivity index (χ1) is 3.18. The van der Waals surface area contributed by atoms with Crippen molar-refractivity contribution >= 4 is 11.9 Å². The van der Waals surface area contributed by atoms with Crippen molar-refractivity contribution in [2.24, 2.45) is 0 Å². The minimum Gasteiger partial charge on any atom is -0.536 e. The quantitative estimate of drug-likeness (QED) is 0.263. The Hall–Kier alpha value is -1.44. The highest BCUT2D eigenvalue weighted by molar-refractivity contribution is 6.34. The normalized spacial score (nSPS) is 6.71. The van der Waals surface area contributed by atoms with E-state index in [4.69, 9.17) is 5.39 Å². The molecule has 0 aliphatic carbocycles. The van der Waals surface area contributed by atoms with Gasteiger partial charge in [0.1, 0.15) is 0 Å². The van der Waals surface area contributed by atoms with Crippen LogP contribution in [-0.2, 0) is 9.59 Å². The van der Waals surface area contributed by atoms with E-state index in [1.807, 2.05) is 0 Å². The van der Waals surface area contributed by atoms with Crippen molar-refractivity contribution in [1.29, 1.82) is 5.39 Å². The van der Waals surface area contributed by atoms with E-state index >= 15 is 0 Å². The van der Waals surface area contributed by atoms with Crippen LogP contribution in [0.3, 0.4) is 0 Å². The molecule has 5 heteroatoms. The largest absolute Gasteiger partial charge is 0.608 e. The van der Waals surface area contributed by atoms with Gasteiger partial charge >= 0.3 is 5.91 Å². The number of carbonyl (C=O) groups excluding carboxylic acids is 2. The van der Waals surface area contributed by atoms with Crippen LogP contribution in [0.1, 0.15) is 0 Å². The van der Waals surface area contributed by atoms with Crippen LogP contribution in [0, 0.1) is 5.39 Å². The molecule has 0 aromatic carbocycles. The van der Waals surface area contributed by atoms with Crippen LogP contribution < -0.4 is 5.11 Å². The third kappa shape index (κ3) is 1.44. The van der Waals surface area contributed by atoms with E-state index in [1.165, 1.54) is 0 Å². The SMILES string of the molecule is N#[N+]C(=O)C(=O)[O-]. The molecule has 5 nitrogen and oxygen atoms in total. The third-order valence-corrected chi connectivity index (χ3v) is 0.265. The van der Waals surface area contributed by atoms with Gasteiger partial charge in [0, 0.05) is 0 Å². The highest BCUT2D eigenvalue weighted by Crippen LogP contribution is 1.64. The van der Waals surface area contributed by atoms with Gasteiger partial charge in [-0.05, 0) is 0 Å². The lowest BCUT2D eigenvalue weighted by Gasteiger charge is -1.73. The van der Waals surface area contributed by atoms with E-state index in [0.29, 0.717) is 0 Å². The van der Waals surface area contributed by atoms with Crippen LogP contribution in [0.5, 0.6) is 0 Å². The van der Waals surface area contributed by atoms with Crippen molar-refractivity contribution in [2.45, 2.75) is 0 Å². The number of carboxylic acids is 1. The molecule has 0 aromatic rings. The predicted octanol–water partition coefficient (Wildman–Crippen LogP) is -1.88. The maximum absolute atomic E-state index is 9.43. The number of amides is 1. The number of nitrogens with zero attached hydrogens (tertiary/aromatic N) is 2. The summed E-state index contributed by atoms with van der Waals surface area (Å²) in [5.74, 6) is -3.68. The van der Waals surface area contributed by atoms with Crippen LogP contribution in [-0.4, -0.2) is 11.9 Å². The molecular weight excluding hydrogens is 100 g/mol. The van der Waals surface area contributed by atoms with Gasteiger partial charge in [0.25, 0.3) is 0 Å². The van der Waals surface area contributed by atoms with E-state index in [9.17, 15) is 14.7 Å². The lowest BCUT2D eigenvalue weighted by molar-refractivity contribution is -0.299. The molecule has 0 N–H and O–H groups in total. The topological polar surface area (TPSA) is 85.3 Å². The maximum atomic E-state index is 9.43. The number of hydrogen-bond donors (Lipinski definition) is 0. The van der Waals surface area contributed by atoms with Crippen molar-refractivity contribution in [3.05, 3.63) is 4.98 Å². The maximum Gasteiger partial charge on any atom is 0.608 e. The fraction of sp³-hybridized carbons (Fsp3) is 0. The third-order valence-electron chi connectivity index (χ3n) is 0.265. The van der Waals surface area contributed by atoms with Gasteiger partial charge in [-0.1, -0.05) is 0 Å². The molecule has 0 bridgehead atoms. The molecule has 0 saturated carbocycles. The Balaban J connectivity index is 3.90. The molecule has 0 atom stereocenters. The van der Waals surface area contributed by atoms with Crippen LogP contribution in [0.4, 0.5) is 0 Å². The molecule has 0 aliphatic heterocycles. The minimum absolute atomic E-state index is 1.67. The molecule has 0 aliphatic rings. The summed E-state index contributed by atoms with van der Waals surface area (Å²) in [6.45, 7) is 0. The molecule has 0 spiro atoms. The number of diazo groups is 1. The number of carboxylic acid groups (broad SMARTS) is 1. The van der Waals surface area contributed by atoms with Gasteiger partial charge in [-0.25, -0.2) is 0 Å². The van der Waals surface area contributed by atoms with Crippen LogP contribution in [0.25, 0.3) is 4.98 Å². The number of rotatable bonds is 0. The molecule has 0 rings (SSSR count). The molecule has 0 saturated heterocycles. The Labute approximate surface area is 38.2 Å². The zero-order valence-electron chi connectivity index (χ0n) is 3.12. The fourth-order valence-electron chi connectivity index (χ4n) is 0.0408. The second-order valence-corrected chi connectivity index (χ2v) is 0.693. The number of carbonyl (C=O) groups is 2. The zero-order valence-corrected chi connectivity index (χ0v) is 3.12. The number of aliphatic carboxylic acids is 1. The first-order valence-electron chi connectivity index (χ1n) is 1.29. The van der Waals surface area contributed by atoms with E-state index in [-0.39, 0.29) is 0 Å². The van der Waals surface area contributed by atoms with Crippen molar-refractivity contribution < 1.29 is 14.7 Å². The summed E-state index contributed by atoms with van der Waals surface area (Å²) in [5.41, 5.74) is 0. The lowest BCUT2D eigenvalue weighted by atomic mass is 10.7. The first kappa shape index (κ1) is 5.56. The molecule has 0 unspecified atom stereocenters. The van der Waals surface area contributed by atoms with Crippen molar-refractivity contribution in [2.75, 3.05) is 0 Å². The van der Waals surface area contributed by atoms with Crippen LogP contribution in [0.15, 0.2) is 0 Å². The van der Waals surface area contributed by atoms with Gasteiger partial charge in [-0.3, -0.25) is 0 Å². The van der Waals surface area contributed by atoms with Crippen molar-refractivity contribution in [1.82, 2.24) is 0 Å². The van der Waals surface area contributed by atoms with Gasteiger partial charge in [-0.15, -0.1) is 0 Å². The summed E-state index contributed by atoms with van der Waals surface area (Å²) in [7, 11) is 0. The second kappa shape index (κ2) is 1.87. The Morgan fingerprint density at radius 3 is 2.00 bits per heavy atom. The minimum atomic E-state index is -2.01. The van der Waals surface area contributed by atoms with E-state index in [2.05, 4.69) is 0 Å². The summed E-state index contributed by atoms with van der Waals surface area (Å²) in [6.07, 6.45) is 0. The molecular formula is C2N2O3. The zero-order chi connectivity index (χ0) is 5.86. The standard InChI is InChI=1S/C2N2O3/c3-4-1(5)2(6)7. The fourth-order valence-corrected chi connectivity index (χ4v) is 0.0408. The van der Waals surface area contributed by atoms with Gasteiger partial charge in [0.2, 0.25) is 16.3 Å². The summed E-state index contributed by atoms with van der Waals surface area (Å²) >= 11 is 0. The first-order valence-corrected chi connectivity index (χ1v) is 1.29. The Morgan fingerprint density at radius 1 is 1.57 bits per heavy atom. The molecule has 0 fully saturated rings.